The Morgan fingerprint density at radius 1 is 0.905 bits per heavy atom. The Kier molecular flexibility index (Phi) is 7.71. The molecule has 1 aliphatic rings. The van der Waals surface area contributed by atoms with E-state index in [0.29, 0.717) is 10.8 Å². The lowest BCUT2D eigenvalue weighted by Crippen LogP contribution is -2.09. The van der Waals surface area contributed by atoms with Gasteiger partial charge in [-0.05, 0) is 36.2 Å². The van der Waals surface area contributed by atoms with Crippen molar-refractivity contribution in [1.29, 1.82) is 0 Å². The monoisotopic (exact) mass is 290 g/mol. The zero-order valence-corrected chi connectivity index (χ0v) is 16.2. The second-order valence-corrected chi connectivity index (χ2v) is 6.97. The predicted octanol–water partition coefficient (Wildman–Crippen LogP) is 7.01. The SMILES string of the molecule is CC.CC.Cc1ccc(C2(C)C(CC(C)C)C2(C)C)cc1. The first-order valence-electron chi connectivity index (χ1n) is 8.87. The maximum absolute atomic E-state index is 2.45. The van der Waals surface area contributed by atoms with E-state index in [2.05, 4.69) is 65.8 Å². The Balaban J connectivity index is 0.000000921. The van der Waals surface area contributed by atoms with Crippen molar-refractivity contribution in [2.75, 3.05) is 0 Å². The van der Waals surface area contributed by atoms with Crippen LogP contribution in [-0.4, -0.2) is 0 Å². The van der Waals surface area contributed by atoms with Gasteiger partial charge in [0.15, 0.2) is 0 Å². The van der Waals surface area contributed by atoms with Gasteiger partial charge in [-0.2, -0.15) is 0 Å². The Morgan fingerprint density at radius 2 is 1.33 bits per heavy atom. The van der Waals surface area contributed by atoms with Gasteiger partial charge in [0.05, 0.1) is 0 Å². The van der Waals surface area contributed by atoms with Crippen molar-refractivity contribution in [3.63, 3.8) is 0 Å². The lowest BCUT2D eigenvalue weighted by molar-refractivity contribution is 0.462. The normalized spacial score (nSPS) is 25.4. The predicted molar refractivity (Wildman–Crippen MR) is 98.0 cm³/mol. The van der Waals surface area contributed by atoms with Gasteiger partial charge in [0.1, 0.15) is 0 Å². The molecule has 0 radical (unpaired) electrons. The van der Waals surface area contributed by atoms with E-state index in [1.807, 2.05) is 27.7 Å². The zero-order chi connectivity index (χ0) is 16.8. The molecule has 1 saturated carbocycles. The molecule has 0 spiro atoms. The molecule has 0 heteroatoms. The van der Waals surface area contributed by atoms with E-state index in [9.17, 15) is 0 Å². The molecule has 1 fully saturated rings. The molecule has 0 nitrogen and oxygen atoms in total. The summed E-state index contributed by atoms with van der Waals surface area (Å²) in [6.45, 7) is 22.1. The average Bonchev–Trinajstić information content (AvgIpc) is 2.89. The standard InChI is InChI=1S/C17H26.2C2H6/c1-12(2)11-15-16(4,5)17(15,6)14-9-7-13(3)8-10-14;2*1-2/h7-10,12,15H,11H2,1-6H3;2*1-2H3. The van der Waals surface area contributed by atoms with E-state index in [1.54, 1.807) is 0 Å². The minimum Gasteiger partial charge on any atom is -0.0683 e. The fourth-order valence-electron chi connectivity index (χ4n) is 3.58. The maximum Gasteiger partial charge on any atom is 0.00125 e. The van der Waals surface area contributed by atoms with Crippen molar-refractivity contribution in [3.05, 3.63) is 35.4 Å². The van der Waals surface area contributed by atoms with Crippen LogP contribution in [0.2, 0.25) is 0 Å². The van der Waals surface area contributed by atoms with Crippen LogP contribution >= 0.6 is 0 Å². The van der Waals surface area contributed by atoms with Crippen LogP contribution < -0.4 is 0 Å². The fraction of sp³-hybridized carbons (Fsp3) is 0.714. The van der Waals surface area contributed by atoms with Crippen LogP contribution in [0.25, 0.3) is 0 Å². The first kappa shape index (κ1) is 20.2. The number of benzene rings is 1. The van der Waals surface area contributed by atoms with Crippen molar-refractivity contribution >= 4 is 0 Å². The molecule has 0 saturated heterocycles. The molecule has 21 heavy (non-hydrogen) atoms. The van der Waals surface area contributed by atoms with Crippen molar-refractivity contribution in [2.45, 2.75) is 81.1 Å². The summed E-state index contributed by atoms with van der Waals surface area (Å²) in [6.07, 6.45) is 1.34. The van der Waals surface area contributed by atoms with Gasteiger partial charge in [-0.1, -0.05) is 92.1 Å². The Hall–Kier alpha value is -0.780. The van der Waals surface area contributed by atoms with Crippen LogP contribution in [0, 0.1) is 24.2 Å². The summed E-state index contributed by atoms with van der Waals surface area (Å²) in [4.78, 5) is 0. The number of rotatable bonds is 3. The smallest absolute Gasteiger partial charge is 0.00125 e. The summed E-state index contributed by atoms with van der Waals surface area (Å²) in [5, 5.41) is 0. The molecule has 0 N–H and O–H groups in total. The minimum atomic E-state index is 0.380. The molecule has 2 atom stereocenters. The van der Waals surface area contributed by atoms with Crippen molar-refractivity contribution in [2.24, 2.45) is 17.3 Å². The summed E-state index contributed by atoms with van der Waals surface area (Å²) >= 11 is 0. The van der Waals surface area contributed by atoms with E-state index in [0.717, 1.165) is 11.8 Å². The van der Waals surface area contributed by atoms with Gasteiger partial charge in [-0.25, -0.2) is 0 Å². The second kappa shape index (κ2) is 8.01. The molecule has 0 heterocycles. The molecule has 122 valence electrons. The molecule has 2 unspecified atom stereocenters. The highest BCUT2D eigenvalue weighted by Gasteiger charge is 2.67. The van der Waals surface area contributed by atoms with Crippen LogP contribution in [0.4, 0.5) is 0 Å². The third kappa shape index (κ3) is 3.90. The van der Waals surface area contributed by atoms with Crippen LogP contribution in [0.3, 0.4) is 0 Å². The number of hydrogen-bond acceptors (Lipinski definition) is 0. The highest BCUT2D eigenvalue weighted by Crippen LogP contribution is 2.71. The highest BCUT2D eigenvalue weighted by atomic mass is 14.7. The third-order valence-corrected chi connectivity index (χ3v) is 5.18. The van der Waals surface area contributed by atoms with E-state index >= 15 is 0 Å². The molecule has 1 aliphatic carbocycles. The molecule has 0 bridgehead atoms. The molecular formula is C21H38. The quantitative estimate of drug-likeness (QED) is 0.561. The number of aryl methyl sites for hydroxylation is 1. The highest BCUT2D eigenvalue weighted by molar-refractivity contribution is 5.40. The first-order valence-corrected chi connectivity index (χ1v) is 8.87. The molecule has 0 amide bonds. The summed E-state index contributed by atoms with van der Waals surface area (Å²) in [6, 6.07) is 9.16. The second-order valence-electron chi connectivity index (χ2n) is 6.97. The maximum atomic E-state index is 2.45. The Morgan fingerprint density at radius 3 is 1.71 bits per heavy atom. The first-order chi connectivity index (χ1) is 9.80. The van der Waals surface area contributed by atoms with Gasteiger partial charge in [-0.15, -0.1) is 0 Å². The molecule has 2 rings (SSSR count). The molecular weight excluding hydrogens is 252 g/mol. The van der Waals surface area contributed by atoms with Gasteiger partial charge < -0.3 is 0 Å². The number of hydrogen-bond donors (Lipinski definition) is 0. The van der Waals surface area contributed by atoms with Crippen LogP contribution in [-0.2, 0) is 5.41 Å². The van der Waals surface area contributed by atoms with Crippen LogP contribution in [0.15, 0.2) is 24.3 Å². The van der Waals surface area contributed by atoms with Crippen molar-refractivity contribution in [1.82, 2.24) is 0 Å². The van der Waals surface area contributed by atoms with Gasteiger partial charge in [0, 0.05) is 5.41 Å². The van der Waals surface area contributed by atoms with Gasteiger partial charge >= 0.3 is 0 Å². The van der Waals surface area contributed by atoms with E-state index in [1.165, 1.54) is 17.5 Å². The van der Waals surface area contributed by atoms with Crippen LogP contribution in [0.5, 0.6) is 0 Å². The molecule has 1 aromatic carbocycles. The van der Waals surface area contributed by atoms with E-state index in [-0.39, 0.29) is 0 Å². The Labute approximate surface area is 134 Å². The lowest BCUT2D eigenvalue weighted by Gasteiger charge is -2.16. The van der Waals surface area contributed by atoms with E-state index < -0.39 is 0 Å². The van der Waals surface area contributed by atoms with Gasteiger partial charge in [-0.3, -0.25) is 0 Å². The molecule has 0 aromatic heterocycles. The van der Waals surface area contributed by atoms with Gasteiger partial charge in [0.25, 0.3) is 0 Å². The average molecular weight is 291 g/mol. The lowest BCUT2D eigenvalue weighted by atomic mass is 9.88. The summed E-state index contributed by atoms with van der Waals surface area (Å²) in [5.41, 5.74) is 3.72. The minimum absolute atomic E-state index is 0.380. The topological polar surface area (TPSA) is 0 Å². The van der Waals surface area contributed by atoms with E-state index in [4.69, 9.17) is 0 Å². The Bertz CT molecular complexity index is 397. The molecule has 0 aliphatic heterocycles. The fourth-order valence-corrected chi connectivity index (χ4v) is 3.58. The molecule has 1 aromatic rings. The van der Waals surface area contributed by atoms with Gasteiger partial charge in [0.2, 0.25) is 0 Å². The van der Waals surface area contributed by atoms with Crippen molar-refractivity contribution < 1.29 is 0 Å². The summed E-state index contributed by atoms with van der Waals surface area (Å²) < 4.78 is 0. The third-order valence-electron chi connectivity index (χ3n) is 5.18. The zero-order valence-electron chi connectivity index (χ0n) is 16.2. The largest absolute Gasteiger partial charge is 0.0683 e. The summed E-state index contributed by atoms with van der Waals surface area (Å²) in [5.74, 6) is 1.63. The van der Waals surface area contributed by atoms with Crippen LogP contribution in [0.1, 0.15) is 79.9 Å². The van der Waals surface area contributed by atoms with Crippen molar-refractivity contribution in [3.8, 4) is 0 Å². The summed E-state index contributed by atoms with van der Waals surface area (Å²) in [7, 11) is 0.